The van der Waals surface area contributed by atoms with Crippen molar-refractivity contribution in [2.24, 2.45) is 0 Å². The Balaban J connectivity index is 1.76. The van der Waals surface area contributed by atoms with Crippen molar-refractivity contribution in [2.45, 2.75) is 58.3 Å². The number of hydrazine groups is 2. The van der Waals surface area contributed by atoms with Gasteiger partial charge in [-0.05, 0) is 56.7 Å². The Labute approximate surface area is 231 Å². The SMILES string of the molecule is CC(C)(C)OC(=O)N(NC(=O)OCc1ccccc1)N(CCc1ccccc1)C[C@@H](O)CCc1ccccc1. The number of hydrogen-bond donors (Lipinski definition) is 2. The van der Waals surface area contributed by atoms with Gasteiger partial charge >= 0.3 is 12.2 Å². The van der Waals surface area contributed by atoms with Crippen LogP contribution < -0.4 is 5.43 Å². The molecule has 0 spiro atoms. The number of benzene rings is 3. The molecule has 3 rings (SSSR count). The van der Waals surface area contributed by atoms with E-state index in [1.54, 1.807) is 25.8 Å². The summed E-state index contributed by atoms with van der Waals surface area (Å²) in [5.41, 5.74) is 4.71. The van der Waals surface area contributed by atoms with Crippen LogP contribution in [0.2, 0.25) is 0 Å². The van der Waals surface area contributed by atoms with Gasteiger partial charge in [-0.25, -0.2) is 15.0 Å². The molecule has 0 aliphatic heterocycles. The van der Waals surface area contributed by atoms with Gasteiger partial charge in [-0.3, -0.25) is 0 Å². The first-order chi connectivity index (χ1) is 18.7. The van der Waals surface area contributed by atoms with Crippen LogP contribution in [0.25, 0.3) is 0 Å². The number of carbonyl (C=O) groups is 2. The molecule has 0 aromatic heterocycles. The number of aryl methyl sites for hydroxylation is 1. The second-order valence-electron chi connectivity index (χ2n) is 10.3. The number of carbonyl (C=O) groups excluding carboxylic acids is 2. The molecule has 0 unspecified atom stereocenters. The summed E-state index contributed by atoms with van der Waals surface area (Å²) in [4.78, 5) is 26.1. The zero-order valence-corrected chi connectivity index (χ0v) is 23.0. The average molecular weight is 534 g/mol. The summed E-state index contributed by atoms with van der Waals surface area (Å²) in [6, 6.07) is 29.0. The van der Waals surface area contributed by atoms with Gasteiger partial charge in [-0.1, -0.05) is 91.0 Å². The van der Waals surface area contributed by atoms with E-state index in [2.05, 4.69) is 5.43 Å². The first-order valence-electron chi connectivity index (χ1n) is 13.2. The van der Waals surface area contributed by atoms with Crippen molar-refractivity contribution >= 4 is 12.2 Å². The van der Waals surface area contributed by atoms with Crippen molar-refractivity contribution in [1.82, 2.24) is 15.6 Å². The maximum absolute atomic E-state index is 13.3. The Hall–Kier alpha value is -3.88. The molecule has 3 aromatic carbocycles. The van der Waals surface area contributed by atoms with Crippen LogP contribution in [-0.2, 0) is 28.9 Å². The number of ether oxygens (including phenoxy) is 2. The fourth-order valence-corrected chi connectivity index (χ4v) is 3.87. The lowest BCUT2D eigenvalue weighted by Crippen LogP contribution is -2.59. The molecule has 0 aliphatic rings. The molecule has 0 heterocycles. The molecular weight excluding hydrogens is 494 g/mol. The van der Waals surface area contributed by atoms with E-state index in [1.165, 1.54) is 0 Å². The van der Waals surface area contributed by atoms with Crippen molar-refractivity contribution in [1.29, 1.82) is 0 Å². The lowest BCUT2D eigenvalue weighted by Gasteiger charge is -2.36. The highest BCUT2D eigenvalue weighted by Gasteiger charge is 2.30. The van der Waals surface area contributed by atoms with Crippen LogP contribution >= 0.6 is 0 Å². The van der Waals surface area contributed by atoms with Gasteiger partial charge in [-0.15, -0.1) is 5.12 Å². The van der Waals surface area contributed by atoms with Crippen molar-refractivity contribution in [3.63, 3.8) is 0 Å². The van der Waals surface area contributed by atoms with E-state index < -0.39 is 23.9 Å². The molecule has 0 aliphatic carbocycles. The predicted molar refractivity (Wildman–Crippen MR) is 150 cm³/mol. The third kappa shape index (κ3) is 11.2. The number of nitrogens with zero attached hydrogens (tertiary/aromatic N) is 2. The summed E-state index contributed by atoms with van der Waals surface area (Å²) in [5, 5.41) is 13.6. The number of amides is 2. The molecule has 0 bridgehead atoms. The molecule has 8 nitrogen and oxygen atoms in total. The van der Waals surface area contributed by atoms with Gasteiger partial charge in [-0.2, -0.15) is 5.01 Å². The number of aliphatic hydroxyl groups excluding tert-OH is 1. The van der Waals surface area contributed by atoms with Crippen LogP contribution in [0, 0.1) is 0 Å². The highest BCUT2D eigenvalue weighted by Crippen LogP contribution is 2.14. The average Bonchev–Trinajstić information content (AvgIpc) is 2.92. The Morgan fingerprint density at radius 2 is 1.33 bits per heavy atom. The number of aliphatic hydroxyl groups is 1. The summed E-state index contributed by atoms with van der Waals surface area (Å²) in [6.45, 7) is 5.72. The maximum atomic E-state index is 13.3. The number of nitrogens with one attached hydrogen (secondary N) is 1. The number of rotatable bonds is 11. The number of hydrogen-bond acceptors (Lipinski definition) is 6. The van der Waals surface area contributed by atoms with E-state index in [4.69, 9.17) is 9.47 Å². The van der Waals surface area contributed by atoms with Crippen molar-refractivity contribution in [3.8, 4) is 0 Å². The van der Waals surface area contributed by atoms with E-state index in [1.807, 2.05) is 91.0 Å². The van der Waals surface area contributed by atoms with E-state index in [0.29, 0.717) is 25.8 Å². The fourth-order valence-electron chi connectivity index (χ4n) is 3.87. The summed E-state index contributed by atoms with van der Waals surface area (Å²) >= 11 is 0. The molecule has 208 valence electrons. The van der Waals surface area contributed by atoms with Crippen molar-refractivity contribution in [2.75, 3.05) is 13.1 Å². The minimum absolute atomic E-state index is 0.0402. The normalized spacial score (nSPS) is 12.0. The Kier molecular flexibility index (Phi) is 11.3. The predicted octanol–water partition coefficient (Wildman–Crippen LogP) is 5.52. The van der Waals surface area contributed by atoms with Crippen LogP contribution in [0.1, 0.15) is 43.9 Å². The van der Waals surface area contributed by atoms with Gasteiger partial charge < -0.3 is 14.6 Å². The monoisotopic (exact) mass is 533 g/mol. The third-order valence-electron chi connectivity index (χ3n) is 5.79. The highest BCUT2D eigenvalue weighted by molar-refractivity contribution is 5.73. The summed E-state index contributed by atoms with van der Waals surface area (Å²) in [5.74, 6) is 0. The molecule has 8 heteroatoms. The smallest absolute Gasteiger partial charge is 0.443 e. The minimum Gasteiger partial charge on any atom is -0.443 e. The Morgan fingerprint density at radius 3 is 1.87 bits per heavy atom. The quantitative estimate of drug-likeness (QED) is 0.316. The summed E-state index contributed by atoms with van der Waals surface area (Å²) in [6.07, 6.45) is -0.629. The first kappa shape index (κ1) is 29.7. The Morgan fingerprint density at radius 1 is 0.821 bits per heavy atom. The van der Waals surface area contributed by atoms with Crippen LogP contribution in [0.15, 0.2) is 91.0 Å². The molecule has 2 amide bonds. The molecule has 39 heavy (non-hydrogen) atoms. The first-order valence-corrected chi connectivity index (χ1v) is 13.2. The van der Waals surface area contributed by atoms with E-state index in [-0.39, 0.29) is 13.2 Å². The molecule has 0 saturated heterocycles. The third-order valence-corrected chi connectivity index (χ3v) is 5.79. The van der Waals surface area contributed by atoms with E-state index in [0.717, 1.165) is 21.8 Å². The van der Waals surface area contributed by atoms with Crippen molar-refractivity contribution in [3.05, 3.63) is 108 Å². The topological polar surface area (TPSA) is 91.3 Å². The van der Waals surface area contributed by atoms with E-state index in [9.17, 15) is 14.7 Å². The molecule has 0 fully saturated rings. The largest absolute Gasteiger partial charge is 0.444 e. The fraction of sp³-hybridized carbons (Fsp3) is 0.355. The van der Waals surface area contributed by atoms with Crippen LogP contribution in [0.4, 0.5) is 9.59 Å². The molecule has 0 saturated carbocycles. The summed E-state index contributed by atoms with van der Waals surface area (Å²) in [7, 11) is 0. The molecule has 3 aromatic rings. The van der Waals surface area contributed by atoms with Gasteiger partial charge in [0.15, 0.2) is 0 Å². The lowest BCUT2D eigenvalue weighted by atomic mass is 10.1. The highest BCUT2D eigenvalue weighted by atomic mass is 16.6. The second kappa shape index (κ2) is 14.9. The van der Waals surface area contributed by atoms with Gasteiger partial charge in [0.1, 0.15) is 12.2 Å². The van der Waals surface area contributed by atoms with Crippen molar-refractivity contribution < 1.29 is 24.2 Å². The Bertz CT molecular complexity index is 1140. The maximum Gasteiger partial charge on any atom is 0.444 e. The van der Waals surface area contributed by atoms with Crippen LogP contribution in [0.3, 0.4) is 0 Å². The summed E-state index contributed by atoms with van der Waals surface area (Å²) < 4.78 is 11.0. The zero-order valence-electron chi connectivity index (χ0n) is 23.0. The molecule has 1 atom stereocenters. The van der Waals surface area contributed by atoms with Crippen LogP contribution in [0.5, 0.6) is 0 Å². The zero-order chi connectivity index (χ0) is 28.1. The molecular formula is C31H39N3O5. The molecule has 2 N–H and O–H groups in total. The molecule has 0 radical (unpaired) electrons. The lowest BCUT2D eigenvalue weighted by molar-refractivity contribution is -0.0905. The van der Waals surface area contributed by atoms with Crippen LogP contribution in [-0.4, -0.2) is 52.2 Å². The standard InChI is InChI=1S/C31H39N3O5/c1-31(2,3)39-30(37)34(32-29(36)38-24-27-17-11-6-12-18-27)33(22-21-26-15-9-5-10-16-26)23-28(35)20-19-25-13-7-4-8-14-25/h4-18,28,35H,19-24H2,1-3H3,(H,32,36)/t28-/m0/s1. The van der Waals surface area contributed by atoms with E-state index >= 15 is 0 Å². The van der Waals surface area contributed by atoms with Gasteiger partial charge in [0.05, 0.1) is 6.10 Å². The van der Waals surface area contributed by atoms with Gasteiger partial charge in [0.2, 0.25) is 0 Å². The van der Waals surface area contributed by atoms with Gasteiger partial charge in [0.25, 0.3) is 0 Å². The second-order valence-corrected chi connectivity index (χ2v) is 10.3. The minimum atomic E-state index is -0.812. The van der Waals surface area contributed by atoms with Gasteiger partial charge in [0, 0.05) is 13.1 Å².